The predicted octanol–water partition coefficient (Wildman–Crippen LogP) is 3.82. The molecule has 0 atom stereocenters. The lowest BCUT2D eigenvalue weighted by Gasteiger charge is -2.20. The number of ether oxygens (including phenoxy) is 2. The van der Waals surface area contributed by atoms with E-state index in [2.05, 4.69) is 15.2 Å². The number of aromatic carboxylic acids is 1. The molecule has 1 aromatic heterocycles. The Morgan fingerprint density at radius 1 is 1.15 bits per heavy atom. The summed E-state index contributed by atoms with van der Waals surface area (Å²) in [5, 5.41) is 15.4. The van der Waals surface area contributed by atoms with Crippen molar-refractivity contribution >= 4 is 17.9 Å². The van der Waals surface area contributed by atoms with E-state index in [0.717, 1.165) is 23.0 Å². The molecule has 0 bridgehead atoms. The van der Waals surface area contributed by atoms with Crippen molar-refractivity contribution in [3.63, 3.8) is 0 Å². The first-order valence-corrected chi connectivity index (χ1v) is 7.53. The number of halogens is 3. The third kappa shape index (κ3) is 5.62. The molecule has 2 rings (SSSR count). The maximum atomic E-state index is 12.2. The molecule has 2 N–H and O–H groups in total. The lowest BCUT2D eigenvalue weighted by Crippen LogP contribution is -2.28. The van der Waals surface area contributed by atoms with Gasteiger partial charge in [0.1, 0.15) is 16.9 Å². The molecule has 1 heterocycles. The van der Waals surface area contributed by atoms with Crippen LogP contribution in [0.3, 0.4) is 0 Å². The van der Waals surface area contributed by atoms with Gasteiger partial charge in [0, 0.05) is 0 Å². The van der Waals surface area contributed by atoms with Gasteiger partial charge in [-0.15, -0.1) is 13.2 Å². The molecule has 146 valence electrons. The van der Waals surface area contributed by atoms with E-state index in [4.69, 9.17) is 4.74 Å². The van der Waals surface area contributed by atoms with E-state index in [9.17, 15) is 27.9 Å². The Morgan fingerprint density at radius 2 is 1.74 bits per heavy atom. The molecule has 1 amide bonds. The second kappa shape index (κ2) is 7.17. The highest BCUT2D eigenvalue weighted by Gasteiger charge is 2.31. The monoisotopic (exact) mass is 387 g/mol. The molecular weight excluding hydrogens is 371 g/mol. The van der Waals surface area contributed by atoms with Crippen molar-refractivity contribution in [2.24, 2.45) is 0 Å². The summed E-state index contributed by atoms with van der Waals surface area (Å²) < 4.78 is 46.6. The van der Waals surface area contributed by atoms with Crippen LogP contribution in [0.4, 0.5) is 23.8 Å². The smallest absolute Gasteiger partial charge is 0.477 e. The summed E-state index contributed by atoms with van der Waals surface area (Å²) in [5.41, 5.74) is -0.950. The summed E-state index contributed by atoms with van der Waals surface area (Å²) in [5.74, 6) is -2.02. The van der Waals surface area contributed by atoms with Crippen LogP contribution >= 0.6 is 0 Å². The van der Waals surface area contributed by atoms with Gasteiger partial charge in [-0.25, -0.2) is 14.3 Å². The highest BCUT2D eigenvalue weighted by molar-refractivity contribution is 5.97. The van der Waals surface area contributed by atoms with E-state index in [1.165, 1.54) is 12.1 Å². The van der Waals surface area contributed by atoms with Crippen LogP contribution < -0.4 is 10.1 Å². The third-order valence-electron chi connectivity index (χ3n) is 2.93. The minimum absolute atomic E-state index is 0.197. The number of carbonyl (C=O) groups excluding carboxylic acids is 1. The fourth-order valence-electron chi connectivity index (χ4n) is 2.01. The maximum Gasteiger partial charge on any atom is 0.573 e. The summed E-state index contributed by atoms with van der Waals surface area (Å²) in [7, 11) is 0. The van der Waals surface area contributed by atoms with Crippen LogP contribution in [-0.4, -0.2) is 38.9 Å². The number of hydrogen-bond donors (Lipinski definition) is 2. The number of nitrogens with one attached hydrogen (secondary N) is 1. The van der Waals surface area contributed by atoms with Gasteiger partial charge in [0.25, 0.3) is 0 Å². The highest BCUT2D eigenvalue weighted by Crippen LogP contribution is 2.26. The first-order chi connectivity index (χ1) is 12.4. The number of alkyl halides is 3. The molecule has 2 aromatic rings. The lowest BCUT2D eigenvalue weighted by molar-refractivity contribution is -0.274. The van der Waals surface area contributed by atoms with Gasteiger partial charge >= 0.3 is 18.4 Å². The minimum atomic E-state index is -4.84. The van der Waals surface area contributed by atoms with Crippen molar-refractivity contribution in [1.82, 2.24) is 9.78 Å². The van der Waals surface area contributed by atoms with Crippen molar-refractivity contribution < 1.29 is 37.3 Å². The average Bonchev–Trinajstić information content (AvgIpc) is 2.88. The van der Waals surface area contributed by atoms with Gasteiger partial charge < -0.3 is 14.6 Å². The molecule has 1 aromatic carbocycles. The summed E-state index contributed by atoms with van der Waals surface area (Å²) in [6.45, 7) is 4.88. The van der Waals surface area contributed by atoms with Gasteiger partial charge in [0.05, 0.1) is 11.9 Å². The van der Waals surface area contributed by atoms with Crippen molar-refractivity contribution in [1.29, 1.82) is 0 Å². The standard InChI is InChI=1S/C16H16F3N3O5/c1-15(2,3)27-14(25)21-12-11(13(23)24)8-20-22(12)9-4-6-10(7-5-9)26-16(17,18)19/h4-8H,1-3H3,(H,21,25)(H,23,24). The van der Waals surface area contributed by atoms with Gasteiger partial charge in [-0.3, -0.25) is 5.32 Å². The molecule has 0 aliphatic heterocycles. The average molecular weight is 387 g/mol. The van der Waals surface area contributed by atoms with Gasteiger partial charge in [0.2, 0.25) is 0 Å². The van der Waals surface area contributed by atoms with Crippen molar-refractivity contribution in [2.75, 3.05) is 5.32 Å². The third-order valence-corrected chi connectivity index (χ3v) is 2.93. The number of rotatable bonds is 4. The van der Waals surface area contributed by atoms with E-state index in [0.29, 0.717) is 0 Å². The van der Waals surface area contributed by atoms with Gasteiger partial charge in [0.15, 0.2) is 5.82 Å². The van der Waals surface area contributed by atoms with Crippen LogP contribution in [-0.2, 0) is 4.74 Å². The SMILES string of the molecule is CC(C)(C)OC(=O)Nc1c(C(=O)O)cnn1-c1ccc(OC(F)(F)F)cc1. The van der Waals surface area contributed by atoms with Gasteiger partial charge in [-0.2, -0.15) is 5.10 Å². The first-order valence-electron chi connectivity index (χ1n) is 7.53. The zero-order valence-corrected chi connectivity index (χ0v) is 14.5. The number of carboxylic acid groups (broad SMARTS) is 1. The summed E-state index contributed by atoms with van der Waals surface area (Å²) in [4.78, 5) is 23.3. The van der Waals surface area contributed by atoms with Crippen LogP contribution in [0.2, 0.25) is 0 Å². The second-order valence-electron chi connectivity index (χ2n) is 6.29. The summed E-state index contributed by atoms with van der Waals surface area (Å²) in [6.07, 6.45) is -4.76. The van der Waals surface area contributed by atoms with Gasteiger partial charge in [-0.1, -0.05) is 0 Å². The van der Waals surface area contributed by atoms with E-state index in [1.807, 2.05) is 0 Å². The largest absolute Gasteiger partial charge is 0.573 e. The number of carboxylic acids is 1. The van der Waals surface area contributed by atoms with E-state index < -0.39 is 29.8 Å². The molecule has 0 radical (unpaired) electrons. The Hall–Kier alpha value is -3.24. The van der Waals surface area contributed by atoms with E-state index in [1.54, 1.807) is 20.8 Å². The lowest BCUT2D eigenvalue weighted by atomic mass is 10.2. The number of nitrogens with zero attached hydrogens (tertiary/aromatic N) is 2. The fourth-order valence-corrected chi connectivity index (χ4v) is 2.01. The Balaban J connectivity index is 2.34. The second-order valence-corrected chi connectivity index (χ2v) is 6.29. The Bertz CT molecular complexity index is 838. The number of amides is 1. The van der Waals surface area contributed by atoms with Crippen LogP contribution in [0.1, 0.15) is 31.1 Å². The molecule has 0 unspecified atom stereocenters. The minimum Gasteiger partial charge on any atom is -0.477 e. The van der Waals surface area contributed by atoms with Crippen LogP contribution in [0, 0.1) is 0 Å². The number of anilines is 1. The van der Waals surface area contributed by atoms with Crippen molar-refractivity contribution in [3.8, 4) is 11.4 Å². The van der Waals surface area contributed by atoms with Crippen molar-refractivity contribution in [2.45, 2.75) is 32.7 Å². The molecule has 0 saturated carbocycles. The fraction of sp³-hybridized carbons (Fsp3) is 0.312. The van der Waals surface area contributed by atoms with E-state index in [-0.39, 0.29) is 17.1 Å². The Labute approximate surface area is 151 Å². The Kier molecular flexibility index (Phi) is 5.33. The zero-order chi connectivity index (χ0) is 20.4. The predicted molar refractivity (Wildman–Crippen MR) is 87.1 cm³/mol. The molecule has 0 spiro atoms. The molecule has 0 aliphatic carbocycles. The van der Waals surface area contributed by atoms with Crippen LogP contribution in [0.25, 0.3) is 5.69 Å². The molecule has 11 heteroatoms. The van der Waals surface area contributed by atoms with Crippen molar-refractivity contribution in [3.05, 3.63) is 36.0 Å². The zero-order valence-electron chi connectivity index (χ0n) is 14.5. The highest BCUT2D eigenvalue weighted by atomic mass is 19.4. The number of carbonyl (C=O) groups is 2. The summed E-state index contributed by atoms with van der Waals surface area (Å²) in [6, 6.07) is 4.50. The molecule has 27 heavy (non-hydrogen) atoms. The summed E-state index contributed by atoms with van der Waals surface area (Å²) >= 11 is 0. The number of benzene rings is 1. The van der Waals surface area contributed by atoms with Gasteiger partial charge in [-0.05, 0) is 45.0 Å². The quantitative estimate of drug-likeness (QED) is 0.827. The normalized spacial score (nSPS) is 11.8. The molecule has 0 aliphatic rings. The maximum absolute atomic E-state index is 12.2. The molecular formula is C16H16F3N3O5. The van der Waals surface area contributed by atoms with Crippen LogP contribution in [0.15, 0.2) is 30.5 Å². The first kappa shape index (κ1) is 20.1. The molecule has 8 nitrogen and oxygen atoms in total. The molecule has 0 saturated heterocycles. The topological polar surface area (TPSA) is 103 Å². The van der Waals surface area contributed by atoms with Crippen LogP contribution in [0.5, 0.6) is 5.75 Å². The number of aromatic nitrogens is 2. The number of hydrogen-bond acceptors (Lipinski definition) is 5. The van der Waals surface area contributed by atoms with E-state index >= 15 is 0 Å². The molecule has 0 fully saturated rings. The Morgan fingerprint density at radius 3 is 2.22 bits per heavy atom.